The maximum Gasteiger partial charge on any atom is 0.248 e. The van der Waals surface area contributed by atoms with Crippen molar-refractivity contribution in [3.8, 4) is 11.5 Å². The quantitative estimate of drug-likeness (QED) is 0.785. The number of nitrogens with zero attached hydrogens (tertiary/aromatic N) is 2. The molecule has 7 nitrogen and oxygen atoms in total. The first-order valence-corrected chi connectivity index (χ1v) is 8.94. The SMILES string of the molecule is COc1cccc(OC(C)CNC(=O)C2(n3cccn3)CCNCC2)c1. The maximum absolute atomic E-state index is 13.0. The van der Waals surface area contributed by atoms with Gasteiger partial charge in [-0.2, -0.15) is 5.10 Å². The summed E-state index contributed by atoms with van der Waals surface area (Å²) in [6.45, 7) is 3.95. The molecule has 1 unspecified atom stereocenters. The minimum Gasteiger partial charge on any atom is -0.497 e. The molecule has 0 radical (unpaired) electrons. The summed E-state index contributed by atoms with van der Waals surface area (Å²) >= 11 is 0. The smallest absolute Gasteiger partial charge is 0.248 e. The van der Waals surface area contributed by atoms with Crippen LogP contribution in [0.5, 0.6) is 11.5 Å². The lowest BCUT2D eigenvalue weighted by Gasteiger charge is -2.36. The lowest BCUT2D eigenvalue weighted by molar-refractivity contribution is -0.132. The Morgan fingerprint density at radius 2 is 2.12 bits per heavy atom. The highest BCUT2D eigenvalue weighted by Gasteiger charge is 2.41. The van der Waals surface area contributed by atoms with Gasteiger partial charge in [0.25, 0.3) is 0 Å². The molecule has 1 aliphatic rings. The molecule has 2 N–H and O–H groups in total. The van der Waals surface area contributed by atoms with Gasteiger partial charge in [-0.05, 0) is 51.1 Å². The van der Waals surface area contributed by atoms with Crippen LogP contribution in [0, 0.1) is 0 Å². The van der Waals surface area contributed by atoms with Crippen molar-refractivity contribution >= 4 is 5.91 Å². The number of rotatable bonds is 7. The molecular formula is C19H26N4O3. The van der Waals surface area contributed by atoms with Gasteiger partial charge in [-0.3, -0.25) is 9.48 Å². The van der Waals surface area contributed by atoms with Crippen LogP contribution >= 0.6 is 0 Å². The highest BCUT2D eigenvalue weighted by molar-refractivity contribution is 5.84. The van der Waals surface area contributed by atoms with Gasteiger partial charge in [0.2, 0.25) is 5.91 Å². The van der Waals surface area contributed by atoms with Gasteiger partial charge in [0.1, 0.15) is 23.1 Å². The maximum atomic E-state index is 13.0. The molecular weight excluding hydrogens is 332 g/mol. The monoisotopic (exact) mass is 358 g/mol. The summed E-state index contributed by atoms with van der Waals surface area (Å²) in [5.74, 6) is 1.45. The number of methoxy groups -OCH3 is 1. The summed E-state index contributed by atoms with van der Waals surface area (Å²) in [7, 11) is 1.62. The first kappa shape index (κ1) is 18.3. The van der Waals surface area contributed by atoms with Crippen LogP contribution in [0.2, 0.25) is 0 Å². The van der Waals surface area contributed by atoms with Crippen molar-refractivity contribution in [3.63, 3.8) is 0 Å². The van der Waals surface area contributed by atoms with Crippen LogP contribution in [-0.2, 0) is 10.3 Å². The second-order valence-corrected chi connectivity index (χ2v) is 6.55. The van der Waals surface area contributed by atoms with Gasteiger partial charge >= 0.3 is 0 Å². The highest BCUT2D eigenvalue weighted by atomic mass is 16.5. The zero-order valence-corrected chi connectivity index (χ0v) is 15.3. The van der Waals surface area contributed by atoms with Gasteiger partial charge < -0.3 is 20.1 Å². The number of hydrogen-bond acceptors (Lipinski definition) is 5. The Morgan fingerprint density at radius 3 is 2.81 bits per heavy atom. The number of hydrogen-bond donors (Lipinski definition) is 2. The topological polar surface area (TPSA) is 77.4 Å². The first-order chi connectivity index (χ1) is 12.6. The lowest BCUT2D eigenvalue weighted by atomic mass is 9.87. The zero-order valence-electron chi connectivity index (χ0n) is 15.3. The Bertz CT molecular complexity index is 711. The zero-order chi connectivity index (χ0) is 18.4. The fourth-order valence-corrected chi connectivity index (χ4v) is 3.27. The summed E-state index contributed by atoms with van der Waals surface area (Å²) in [6.07, 6.45) is 4.84. The summed E-state index contributed by atoms with van der Waals surface area (Å²) in [6, 6.07) is 9.30. The molecule has 1 aromatic heterocycles. The Hall–Kier alpha value is -2.54. The normalized spacial score (nSPS) is 17.3. The van der Waals surface area contributed by atoms with E-state index in [9.17, 15) is 4.79 Å². The Kier molecular flexibility index (Phi) is 5.78. The molecule has 0 saturated carbocycles. The van der Waals surface area contributed by atoms with E-state index in [-0.39, 0.29) is 12.0 Å². The van der Waals surface area contributed by atoms with E-state index >= 15 is 0 Å². The van der Waals surface area contributed by atoms with Gasteiger partial charge in [-0.1, -0.05) is 6.07 Å². The van der Waals surface area contributed by atoms with Crippen LogP contribution in [0.15, 0.2) is 42.7 Å². The van der Waals surface area contributed by atoms with Crippen molar-refractivity contribution in [2.24, 2.45) is 0 Å². The molecule has 140 valence electrons. The minimum absolute atomic E-state index is 0.0104. The van der Waals surface area contributed by atoms with Crippen molar-refractivity contribution in [2.45, 2.75) is 31.4 Å². The molecule has 0 bridgehead atoms. The second kappa shape index (κ2) is 8.23. The number of benzene rings is 1. The molecule has 2 heterocycles. The standard InChI is InChI=1S/C19H26N4O3/c1-15(26-17-6-3-5-16(13-17)25-2)14-21-18(24)19(7-10-20-11-8-19)23-12-4-9-22-23/h3-6,9,12-13,15,20H,7-8,10-11,14H2,1-2H3,(H,21,24). The van der Waals surface area contributed by atoms with E-state index in [4.69, 9.17) is 9.47 Å². The molecule has 1 saturated heterocycles. The average molecular weight is 358 g/mol. The molecule has 1 aromatic carbocycles. The van der Waals surface area contributed by atoms with Gasteiger partial charge in [-0.25, -0.2) is 0 Å². The number of nitrogens with one attached hydrogen (secondary N) is 2. The van der Waals surface area contributed by atoms with Crippen molar-refractivity contribution in [1.29, 1.82) is 0 Å². The molecule has 0 aliphatic carbocycles. The predicted molar refractivity (Wildman–Crippen MR) is 98.4 cm³/mol. The minimum atomic E-state index is -0.634. The summed E-state index contributed by atoms with van der Waals surface area (Å²) in [5.41, 5.74) is -0.634. The molecule has 26 heavy (non-hydrogen) atoms. The van der Waals surface area contributed by atoms with Crippen LogP contribution < -0.4 is 20.1 Å². The van der Waals surface area contributed by atoms with E-state index in [0.717, 1.165) is 24.6 Å². The van der Waals surface area contributed by atoms with E-state index in [1.807, 2.05) is 43.5 Å². The van der Waals surface area contributed by atoms with Crippen molar-refractivity contribution in [2.75, 3.05) is 26.7 Å². The van der Waals surface area contributed by atoms with E-state index < -0.39 is 5.54 Å². The van der Waals surface area contributed by atoms with E-state index in [1.54, 1.807) is 18.0 Å². The molecule has 7 heteroatoms. The van der Waals surface area contributed by atoms with Gasteiger partial charge in [0.15, 0.2) is 0 Å². The summed E-state index contributed by atoms with van der Waals surface area (Å²) in [5, 5.41) is 10.7. The third-order valence-corrected chi connectivity index (χ3v) is 4.72. The summed E-state index contributed by atoms with van der Waals surface area (Å²) in [4.78, 5) is 13.0. The number of carbonyl (C=O) groups excluding carboxylic acids is 1. The predicted octanol–water partition coefficient (Wildman–Crippen LogP) is 1.55. The van der Waals surface area contributed by atoms with Crippen molar-refractivity contribution < 1.29 is 14.3 Å². The Balaban J connectivity index is 1.61. The van der Waals surface area contributed by atoms with Crippen LogP contribution in [0.3, 0.4) is 0 Å². The van der Waals surface area contributed by atoms with Crippen LogP contribution in [0.4, 0.5) is 0 Å². The first-order valence-electron chi connectivity index (χ1n) is 8.94. The molecule has 1 amide bonds. The average Bonchev–Trinajstić information content (AvgIpc) is 3.22. The lowest BCUT2D eigenvalue weighted by Crippen LogP contribution is -2.55. The Morgan fingerprint density at radius 1 is 1.35 bits per heavy atom. The van der Waals surface area contributed by atoms with E-state index in [0.29, 0.717) is 19.4 Å². The van der Waals surface area contributed by atoms with E-state index in [1.165, 1.54) is 0 Å². The number of carbonyl (C=O) groups is 1. The number of amides is 1. The van der Waals surface area contributed by atoms with Crippen LogP contribution in [0.25, 0.3) is 0 Å². The van der Waals surface area contributed by atoms with Gasteiger partial charge in [0, 0.05) is 18.5 Å². The van der Waals surface area contributed by atoms with Crippen molar-refractivity contribution in [1.82, 2.24) is 20.4 Å². The third-order valence-electron chi connectivity index (χ3n) is 4.72. The van der Waals surface area contributed by atoms with Gasteiger partial charge in [0.05, 0.1) is 13.7 Å². The van der Waals surface area contributed by atoms with Gasteiger partial charge in [-0.15, -0.1) is 0 Å². The molecule has 1 fully saturated rings. The van der Waals surface area contributed by atoms with Crippen molar-refractivity contribution in [3.05, 3.63) is 42.7 Å². The fraction of sp³-hybridized carbons (Fsp3) is 0.474. The number of piperidine rings is 1. The van der Waals surface area contributed by atoms with Crippen LogP contribution in [0.1, 0.15) is 19.8 Å². The molecule has 1 atom stereocenters. The van der Waals surface area contributed by atoms with E-state index in [2.05, 4.69) is 15.7 Å². The Labute approximate surface area is 153 Å². The summed E-state index contributed by atoms with van der Waals surface area (Å²) < 4.78 is 12.9. The number of ether oxygens (including phenoxy) is 2. The number of aromatic nitrogens is 2. The van der Waals surface area contributed by atoms with Crippen LogP contribution in [-0.4, -0.2) is 48.5 Å². The largest absolute Gasteiger partial charge is 0.497 e. The highest BCUT2D eigenvalue weighted by Crippen LogP contribution is 2.27. The molecule has 0 spiro atoms. The second-order valence-electron chi connectivity index (χ2n) is 6.55. The molecule has 3 rings (SSSR count). The fourth-order valence-electron chi connectivity index (χ4n) is 3.27. The molecule has 2 aromatic rings. The molecule has 1 aliphatic heterocycles. The third kappa shape index (κ3) is 3.99.